The van der Waals surface area contributed by atoms with Gasteiger partial charge in [-0.25, -0.2) is 0 Å². The summed E-state index contributed by atoms with van der Waals surface area (Å²) in [7, 11) is 0. The van der Waals surface area contributed by atoms with Crippen LogP contribution in [0.25, 0.3) is 0 Å². The van der Waals surface area contributed by atoms with Gasteiger partial charge in [-0.3, -0.25) is 9.89 Å². The van der Waals surface area contributed by atoms with Gasteiger partial charge in [-0.05, 0) is 69.1 Å². The molecule has 1 atom stereocenters. The molecule has 0 aliphatic carbocycles. The van der Waals surface area contributed by atoms with Gasteiger partial charge in [0.15, 0.2) is 5.96 Å². The van der Waals surface area contributed by atoms with Crippen LogP contribution in [0, 0.1) is 0 Å². The number of hydrogen-bond donors (Lipinski definition) is 2. The predicted molar refractivity (Wildman–Crippen MR) is 119 cm³/mol. The molecule has 0 radical (unpaired) electrons. The summed E-state index contributed by atoms with van der Waals surface area (Å²) in [6.45, 7) is 17.3. The Labute approximate surface area is 170 Å². The fraction of sp³-hybridized carbons (Fsp3) is 0.762. The van der Waals surface area contributed by atoms with Gasteiger partial charge in [-0.1, -0.05) is 13.8 Å². The van der Waals surface area contributed by atoms with Gasteiger partial charge in [0.25, 0.3) is 0 Å². The summed E-state index contributed by atoms with van der Waals surface area (Å²) in [5, 5.41) is 11.6. The summed E-state index contributed by atoms with van der Waals surface area (Å²) < 4.78 is 0. The van der Waals surface area contributed by atoms with E-state index in [0.29, 0.717) is 18.1 Å². The molecular weight excluding hydrogens is 354 g/mol. The molecule has 5 nitrogen and oxygen atoms in total. The van der Waals surface area contributed by atoms with Crippen LogP contribution in [0.2, 0.25) is 0 Å². The SMILES string of the molecule is CCNC(=NCC(c1ccsc1)N(CC)CC)NC1CCN(C(C)C)CC1. The number of nitrogens with one attached hydrogen (secondary N) is 2. The molecule has 2 N–H and O–H groups in total. The maximum absolute atomic E-state index is 4.98. The third kappa shape index (κ3) is 6.77. The van der Waals surface area contributed by atoms with Crippen LogP contribution in [0.3, 0.4) is 0 Å². The van der Waals surface area contributed by atoms with Crippen molar-refractivity contribution < 1.29 is 0 Å². The molecule has 1 aromatic heterocycles. The summed E-state index contributed by atoms with van der Waals surface area (Å²) in [5.41, 5.74) is 1.38. The normalized spacial score (nSPS) is 18.3. The Balaban J connectivity index is 2.00. The molecule has 2 heterocycles. The molecule has 1 unspecified atom stereocenters. The lowest BCUT2D eigenvalue weighted by Crippen LogP contribution is -2.50. The smallest absolute Gasteiger partial charge is 0.191 e. The van der Waals surface area contributed by atoms with Crippen LogP contribution in [0.15, 0.2) is 21.8 Å². The third-order valence-electron chi connectivity index (χ3n) is 5.55. The van der Waals surface area contributed by atoms with E-state index in [1.165, 1.54) is 31.5 Å². The Morgan fingerprint density at radius 1 is 1.26 bits per heavy atom. The highest BCUT2D eigenvalue weighted by Crippen LogP contribution is 2.23. The lowest BCUT2D eigenvalue weighted by molar-refractivity contribution is 0.167. The van der Waals surface area contributed by atoms with Gasteiger partial charge in [0.1, 0.15) is 0 Å². The highest BCUT2D eigenvalue weighted by atomic mass is 32.1. The molecule has 1 aliphatic rings. The first-order valence-electron chi connectivity index (χ1n) is 10.6. The topological polar surface area (TPSA) is 42.9 Å². The Morgan fingerprint density at radius 2 is 1.96 bits per heavy atom. The number of hydrogen-bond acceptors (Lipinski definition) is 4. The van der Waals surface area contributed by atoms with Gasteiger partial charge < -0.3 is 15.5 Å². The molecule has 0 amide bonds. The Bertz CT molecular complexity index is 531. The molecule has 1 aliphatic heterocycles. The van der Waals surface area contributed by atoms with Crippen molar-refractivity contribution in [3.8, 4) is 0 Å². The van der Waals surface area contributed by atoms with Gasteiger partial charge in [0.2, 0.25) is 0 Å². The zero-order chi connectivity index (χ0) is 19.6. The van der Waals surface area contributed by atoms with Crippen LogP contribution >= 0.6 is 11.3 Å². The average molecular weight is 394 g/mol. The molecule has 0 aromatic carbocycles. The monoisotopic (exact) mass is 393 g/mol. The average Bonchev–Trinajstić information content (AvgIpc) is 3.20. The maximum atomic E-state index is 4.98. The van der Waals surface area contributed by atoms with E-state index in [2.05, 4.69) is 71.9 Å². The van der Waals surface area contributed by atoms with E-state index >= 15 is 0 Å². The minimum Gasteiger partial charge on any atom is -0.357 e. The molecule has 27 heavy (non-hydrogen) atoms. The highest BCUT2D eigenvalue weighted by Gasteiger charge is 2.22. The highest BCUT2D eigenvalue weighted by molar-refractivity contribution is 7.07. The third-order valence-corrected chi connectivity index (χ3v) is 6.25. The maximum Gasteiger partial charge on any atom is 0.191 e. The summed E-state index contributed by atoms with van der Waals surface area (Å²) in [6, 6.07) is 3.76. The van der Waals surface area contributed by atoms with Crippen LogP contribution in [0.1, 0.15) is 59.1 Å². The second-order valence-corrected chi connectivity index (χ2v) is 8.34. The fourth-order valence-corrected chi connectivity index (χ4v) is 4.52. The van der Waals surface area contributed by atoms with Crippen molar-refractivity contribution in [2.75, 3.05) is 39.3 Å². The van der Waals surface area contributed by atoms with Crippen molar-refractivity contribution in [3.63, 3.8) is 0 Å². The van der Waals surface area contributed by atoms with E-state index < -0.39 is 0 Å². The zero-order valence-electron chi connectivity index (χ0n) is 17.9. The van der Waals surface area contributed by atoms with Crippen LogP contribution in [0.5, 0.6) is 0 Å². The first-order valence-corrected chi connectivity index (χ1v) is 11.6. The van der Waals surface area contributed by atoms with Gasteiger partial charge in [-0.2, -0.15) is 11.3 Å². The second kappa shape index (κ2) is 11.7. The summed E-state index contributed by atoms with van der Waals surface area (Å²) in [4.78, 5) is 10.0. The molecule has 1 saturated heterocycles. The number of piperidine rings is 1. The first-order chi connectivity index (χ1) is 13.1. The molecule has 0 spiro atoms. The van der Waals surface area contributed by atoms with Gasteiger partial charge in [-0.15, -0.1) is 0 Å². The molecule has 154 valence electrons. The van der Waals surface area contributed by atoms with Gasteiger partial charge in [0, 0.05) is 31.7 Å². The number of rotatable bonds is 9. The Hall–Kier alpha value is -1.11. The molecule has 1 fully saturated rings. The Kier molecular flexibility index (Phi) is 9.59. The lowest BCUT2D eigenvalue weighted by atomic mass is 10.0. The van der Waals surface area contributed by atoms with Crippen molar-refractivity contribution in [1.82, 2.24) is 20.4 Å². The van der Waals surface area contributed by atoms with E-state index in [1.54, 1.807) is 11.3 Å². The van der Waals surface area contributed by atoms with Gasteiger partial charge in [0.05, 0.1) is 12.6 Å². The van der Waals surface area contributed by atoms with Crippen LogP contribution in [-0.4, -0.2) is 67.1 Å². The number of guanidine groups is 1. The van der Waals surface area contributed by atoms with Crippen molar-refractivity contribution >= 4 is 17.3 Å². The minimum absolute atomic E-state index is 0.351. The van der Waals surface area contributed by atoms with E-state index in [-0.39, 0.29) is 0 Å². The van der Waals surface area contributed by atoms with Crippen molar-refractivity contribution in [2.45, 2.75) is 65.6 Å². The van der Waals surface area contributed by atoms with Gasteiger partial charge >= 0.3 is 0 Å². The molecular formula is C21H39N5S. The van der Waals surface area contributed by atoms with Crippen LogP contribution < -0.4 is 10.6 Å². The molecule has 2 rings (SSSR count). The number of thiophene rings is 1. The lowest BCUT2D eigenvalue weighted by Gasteiger charge is -2.35. The largest absolute Gasteiger partial charge is 0.357 e. The minimum atomic E-state index is 0.351. The zero-order valence-corrected chi connectivity index (χ0v) is 18.7. The Morgan fingerprint density at radius 3 is 2.48 bits per heavy atom. The van der Waals surface area contributed by atoms with E-state index in [1.807, 2.05) is 0 Å². The molecule has 1 aromatic rings. The van der Waals surface area contributed by atoms with E-state index in [4.69, 9.17) is 4.99 Å². The van der Waals surface area contributed by atoms with Crippen LogP contribution in [0.4, 0.5) is 0 Å². The summed E-state index contributed by atoms with van der Waals surface area (Å²) >= 11 is 1.77. The standard InChI is InChI=1S/C21H39N5S/c1-6-22-21(24-19-9-12-26(13-10-19)17(4)5)23-15-20(25(7-2)8-3)18-11-14-27-16-18/h11,14,16-17,19-20H,6-10,12-13,15H2,1-5H3,(H2,22,23,24). The number of aliphatic imine (C=N–C) groups is 1. The summed E-state index contributed by atoms with van der Waals surface area (Å²) in [6.07, 6.45) is 2.37. The molecule has 0 bridgehead atoms. The van der Waals surface area contributed by atoms with Crippen molar-refractivity contribution in [2.24, 2.45) is 4.99 Å². The molecule has 0 saturated carbocycles. The predicted octanol–water partition coefficient (Wildman–Crippen LogP) is 3.56. The number of likely N-dealkylation sites (tertiary alicyclic amines) is 1. The molecule has 6 heteroatoms. The quantitative estimate of drug-likeness (QED) is 0.497. The van der Waals surface area contributed by atoms with E-state index in [0.717, 1.165) is 32.1 Å². The van der Waals surface area contributed by atoms with Crippen molar-refractivity contribution in [1.29, 1.82) is 0 Å². The summed E-state index contributed by atoms with van der Waals surface area (Å²) in [5.74, 6) is 0.966. The van der Waals surface area contributed by atoms with E-state index in [9.17, 15) is 0 Å². The first kappa shape index (κ1) is 22.2. The number of likely N-dealkylation sites (N-methyl/N-ethyl adjacent to an activating group) is 1. The van der Waals surface area contributed by atoms with Crippen LogP contribution in [-0.2, 0) is 0 Å². The second-order valence-electron chi connectivity index (χ2n) is 7.56. The fourth-order valence-electron chi connectivity index (χ4n) is 3.81. The number of nitrogens with zero attached hydrogens (tertiary/aromatic N) is 3. The van der Waals surface area contributed by atoms with Crippen molar-refractivity contribution in [3.05, 3.63) is 22.4 Å².